The minimum absolute atomic E-state index is 0.150. The number of halogens is 1. The Morgan fingerprint density at radius 3 is 2.73 bits per heavy atom. The van der Waals surface area contributed by atoms with Gasteiger partial charge in [0.1, 0.15) is 10.8 Å². The third kappa shape index (κ3) is 4.42. The molecule has 0 saturated carbocycles. The van der Waals surface area contributed by atoms with Crippen LogP contribution in [0.1, 0.15) is 5.56 Å². The van der Waals surface area contributed by atoms with Gasteiger partial charge in [-0.15, -0.1) is 0 Å². The van der Waals surface area contributed by atoms with Gasteiger partial charge in [0.15, 0.2) is 0 Å². The highest BCUT2D eigenvalue weighted by atomic mass is 35.5. The van der Waals surface area contributed by atoms with Crippen molar-refractivity contribution in [3.05, 3.63) is 71.5 Å². The average molecular weight is 439 g/mol. The summed E-state index contributed by atoms with van der Waals surface area (Å²) in [6.07, 6.45) is 3.49. The van der Waals surface area contributed by atoms with Crippen molar-refractivity contribution >= 4 is 40.5 Å². The van der Waals surface area contributed by atoms with Crippen LogP contribution in [0.25, 0.3) is 16.8 Å². The Balaban J connectivity index is 1.48. The van der Waals surface area contributed by atoms with E-state index in [4.69, 9.17) is 16.3 Å². The van der Waals surface area contributed by atoms with Crippen molar-refractivity contribution in [3.63, 3.8) is 0 Å². The number of carbonyl (C=O) groups excluding carboxylic acids is 1. The lowest BCUT2D eigenvalue weighted by Gasteiger charge is -2.08. The minimum Gasteiger partial charge on any atom is -0.495 e. The number of aromatic nitrogens is 3. The Morgan fingerprint density at radius 1 is 1.20 bits per heavy atom. The number of hydrogen-bond donors (Lipinski definition) is 1. The maximum Gasteiger partial charge on any atom is 0.234 e. The molecule has 0 saturated heterocycles. The molecule has 6 nitrogen and oxygen atoms in total. The van der Waals surface area contributed by atoms with E-state index >= 15 is 0 Å². The molecule has 0 aliphatic heterocycles. The predicted molar refractivity (Wildman–Crippen MR) is 121 cm³/mol. The second kappa shape index (κ2) is 8.77. The smallest absolute Gasteiger partial charge is 0.234 e. The first-order chi connectivity index (χ1) is 14.5. The summed E-state index contributed by atoms with van der Waals surface area (Å²) in [6.45, 7) is 2.05. The SMILES string of the molecule is COc1ccc(NC(=O)CSc2nccn3nc(-c4ccc(C)cc4)cc23)cc1Cl. The largest absolute Gasteiger partial charge is 0.495 e. The zero-order valence-corrected chi connectivity index (χ0v) is 18.0. The Labute approximate surface area is 183 Å². The summed E-state index contributed by atoms with van der Waals surface area (Å²) in [5.74, 6) is 0.620. The number of aryl methyl sites for hydroxylation is 1. The van der Waals surface area contributed by atoms with Gasteiger partial charge in [0.2, 0.25) is 5.91 Å². The molecule has 8 heteroatoms. The number of amides is 1. The molecule has 0 aliphatic rings. The molecule has 2 aromatic heterocycles. The molecule has 2 heterocycles. The van der Waals surface area contributed by atoms with E-state index in [1.807, 2.05) is 18.2 Å². The summed E-state index contributed by atoms with van der Waals surface area (Å²) in [6, 6.07) is 15.3. The van der Waals surface area contributed by atoms with Gasteiger partial charge in [-0.2, -0.15) is 5.10 Å². The molecule has 4 rings (SSSR count). The fraction of sp³-hybridized carbons (Fsp3) is 0.136. The Kier molecular flexibility index (Phi) is 5.92. The summed E-state index contributed by atoms with van der Waals surface area (Å²) < 4.78 is 6.91. The van der Waals surface area contributed by atoms with Gasteiger partial charge in [0.25, 0.3) is 0 Å². The Morgan fingerprint density at radius 2 is 2.00 bits per heavy atom. The number of benzene rings is 2. The van der Waals surface area contributed by atoms with Crippen LogP contribution < -0.4 is 10.1 Å². The third-order valence-corrected chi connectivity index (χ3v) is 5.77. The average Bonchev–Trinajstić information content (AvgIpc) is 3.18. The van der Waals surface area contributed by atoms with E-state index in [1.54, 1.807) is 42.2 Å². The number of fused-ring (bicyclic) bond motifs is 1. The molecule has 0 aliphatic carbocycles. The molecule has 0 atom stereocenters. The van der Waals surface area contributed by atoms with Gasteiger partial charge in [-0.05, 0) is 31.2 Å². The monoisotopic (exact) mass is 438 g/mol. The van der Waals surface area contributed by atoms with Crippen LogP contribution in [0.15, 0.2) is 66.0 Å². The first-order valence-corrected chi connectivity index (χ1v) is 10.6. The van der Waals surface area contributed by atoms with Gasteiger partial charge in [0, 0.05) is 23.6 Å². The van der Waals surface area contributed by atoms with Crippen molar-refractivity contribution in [1.29, 1.82) is 0 Å². The number of nitrogens with one attached hydrogen (secondary N) is 1. The number of methoxy groups -OCH3 is 1. The molecule has 0 unspecified atom stereocenters. The summed E-state index contributed by atoms with van der Waals surface area (Å²) in [5, 5.41) is 8.65. The number of hydrogen-bond acceptors (Lipinski definition) is 5. The molecular weight excluding hydrogens is 420 g/mol. The van der Waals surface area contributed by atoms with Crippen LogP contribution in [0.5, 0.6) is 5.75 Å². The van der Waals surface area contributed by atoms with Crippen LogP contribution in [-0.4, -0.2) is 33.4 Å². The van der Waals surface area contributed by atoms with E-state index in [2.05, 4.69) is 34.5 Å². The molecular formula is C22H19ClN4O2S. The van der Waals surface area contributed by atoms with Gasteiger partial charge in [-0.25, -0.2) is 9.50 Å². The summed E-state index contributed by atoms with van der Waals surface area (Å²) in [4.78, 5) is 16.8. The van der Waals surface area contributed by atoms with E-state index in [-0.39, 0.29) is 11.7 Å². The molecule has 4 aromatic rings. The first-order valence-electron chi connectivity index (χ1n) is 9.21. The van der Waals surface area contributed by atoms with Crippen molar-refractivity contribution in [2.24, 2.45) is 0 Å². The van der Waals surface area contributed by atoms with E-state index < -0.39 is 0 Å². The van der Waals surface area contributed by atoms with Crippen LogP contribution >= 0.6 is 23.4 Å². The molecule has 0 radical (unpaired) electrons. The number of ether oxygens (including phenoxy) is 1. The number of anilines is 1. The van der Waals surface area contributed by atoms with Gasteiger partial charge < -0.3 is 10.1 Å². The highest BCUT2D eigenvalue weighted by Crippen LogP contribution is 2.28. The van der Waals surface area contributed by atoms with Crippen molar-refractivity contribution in [3.8, 4) is 17.0 Å². The number of nitrogens with zero attached hydrogens (tertiary/aromatic N) is 3. The van der Waals surface area contributed by atoms with Gasteiger partial charge in [-0.3, -0.25) is 4.79 Å². The maximum atomic E-state index is 12.4. The molecule has 152 valence electrons. The van der Waals surface area contributed by atoms with Crippen molar-refractivity contribution in [2.75, 3.05) is 18.2 Å². The number of carbonyl (C=O) groups is 1. The van der Waals surface area contributed by atoms with Crippen LogP contribution in [-0.2, 0) is 4.79 Å². The maximum absolute atomic E-state index is 12.4. The van der Waals surface area contributed by atoms with E-state index in [0.717, 1.165) is 21.8 Å². The molecule has 0 bridgehead atoms. The Hall–Kier alpha value is -3.03. The zero-order chi connectivity index (χ0) is 21.1. The van der Waals surface area contributed by atoms with E-state index in [9.17, 15) is 4.79 Å². The van der Waals surface area contributed by atoms with E-state index in [0.29, 0.717) is 16.5 Å². The van der Waals surface area contributed by atoms with Crippen LogP contribution in [0.3, 0.4) is 0 Å². The topological polar surface area (TPSA) is 68.5 Å². The minimum atomic E-state index is -0.150. The van der Waals surface area contributed by atoms with Crippen molar-refractivity contribution < 1.29 is 9.53 Å². The molecule has 2 aromatic carbocycles. The van der Waals surface area contributed by atoms with Crippen LogP contribution in [0, 0.1) is 6.92 Å². The quantitative estimate of drug-likeness (QED) is 0.424. The van der Waals surface area contributed by atoms with Crippen molar-refractivity contribution in [2.45, 2.75) is 11.9 Å². The standard InChI is InChI=1S/C22H19ClN4O2S/c1-14-3-5-15(6-4-14)18-12-19-22(24-9-10-27(19)26-18)30-13-21(28)25-16-7-8-20(29-2)17(23)11-16/h3-12H,13H2,1-2H3,(H,25,28). The Bertz CT molecular complexity index is 1210. The lowest BCUT2D eigenvalue weighted by Crippen LogP contribution is -2.14. The fourth-order valence-electron chi connectivity index (χ4n) is 2.95. The van der Waals surface area contributed by atoms with Crippen LogP contribution in [0.4, 0.5) is 5.69 Å². The number of rotatable bonds is 6. The summed E-state index contributed by atoms with van der Waals surface area (Å²) >= 11 is 7.47. The van der Waals surface area contributed by atoms with Gasteiger partial charge >= 0.3 is 0 Å². The predicted octanol–water partition coefficient (Wildman–Crippen LogP) is 5.10. The highest BCUT2D eigenvalue weighted by molar-refractivity contribution is 8.00. The normalized spacial score (nSPS) is 10.9. The summed E-state index contributed by atoms with van der Waals surface area (Å²) in [5.41, 5.74) is 4.57. The van der Waals surface area contributed by atoms with Crippen molar-refractivity contribution in [1.82, 2.24) is 14.6 Å². The molecule has 0 spiro atoms. The lowest BCUT2D eigenvalue weighted by molar-refractivity contribution is -0.113. The summed E-state index contributed by atoms with van der Waals surface area (Å²) in [7, 11) is 1.55. The second-order valence-electron chi connectivity index (χ2n) is 6.64. The first kappa shape index (κ1) is 20.3. The highest BCUT2D eigenvalue weighted by Gasteiger charge is 2.12. The third-order valence-electron chi connectivity index (χ3n) is 4.48. The zero-order valence-electron chi connectivity index (χ0n) is 16.4. The molecule has 1 amide bonds. The molecule has 30 heavy (non-hydrogen) atoms. The molecule has 0 fully saturated rings. The van der Waals surface area contributed by atoms with Crippen LogP contribution in [0.2, 0.25) is 5.02 Å². The molecule has 1 N–H and O–H groups in total. The van der Waals surface area contributed by atoms with Gasteiger partial charge in [-0.1, -0.05) is 53.2 Å². The second-order valence-corrected chi connectivity index (χ2v) is 8.02. The number of thioether (sulfide) groups is 1. The van der Waals surface area contributed by atoms with E-state index in [1.165, 1.54) is 17.3 Å². The fourth-order valence-corrected chi connectivity index (χ4v) is 3.98. The van der Waals surface area contributed by atoms with Gasteiger partial charge in [0.05, 0.1) is 29.1 Å². The lowest BCUT2D eigenvalue weighted by atomic mass is 10.1.